The van der Waals surface area contributed by atoms with Crippen LogP contribution in [0.5, 0.6) is 11.5 Å². The van der Waals surface area contributed by atoms with Crippen molar-refractivity contribution in [2.75, 3.05) is 20.2 Å². The normalized spacial score (nSPS) is 20.5. The second-order valence-corrected chi connectivity index (χ2v) is 4.14. The summed E-state index contributed by atoms with van der Waals surface area (Å²) in [6.07, 6.45) is 1.04. The molecule has 1 heterocycles. The number of nitrogens with one attached hydrogen (secondary N) is 1. The van der Waals surface area contributed by atoms with Crippen LogP contribution in [-0.4, -0.2) is 25.3 Å². The highest BCUT2D eigenvalue weighted by Crippen LogP contribution is 2.37. The Morgan fingerprint density at radius 1 is 1.53 bits per heavy atom. The van der Waals surface area contributed by atoms with E-state index in [1.807, 2.05) is 6.07 Å². The van der Waals surface area contributed by atoms with Gasteiger partial charge in [-0.2, -0.15) is 0 Å². The van der Waals surface area contributed by atoms with Gasteiger partial charge in [0.05, 0.1) is 12.1 Å². The van der Waals surface area contributed by atoms with Crippen LogP contribution >= 0.6 is 11.6 Å². The van der Waals surface area contributed by atoms with Gasteiger partial charge in [0.2, 0.25) is 0 Å². The van der Waals surface area contributed by atoms with E-state index < -0.39 is 0 Å². The number of halogens is 1. The fourth-order valence-electron chi connectivity index (χ4n) is 1.96. The third-order valence-corrected chi connectivity index (χ3v) is 3.10. The number of ether oxygens (including phenoxy) is 1. The van der Waals surface area contributed by atoms with Crippen LogP contribution in [0, 0.1) is 0 Å². The Labute approximate surface area is 94.0 Å². The predicted molar refractivity (Wildman–Crippen MR) is 59.9 cm³/mol. The predicted octanol–water partition coefficient (Wildman–Crippen LogP) is 2.13. The highest BCUT2D eigenvalue weighted by Gasteiger charge is 2.21. The van der Waals surface area contributed by atoms with E-state index in [4.69, 9.17) is 16.3 Å². The maximum atomic E-state index is 9.80. The summed E-state index contributed by atoms with van der Waals surface area (Å²) in [4.78, 5) is 0. The van der Waals surface area contributed by atoms with E-state index in [-0.39, 0.29) is 5.75 Å². The number of methoxy groups -OCH3 is 1. The molecule has 0 aromatic heterocycles. The zero-order valence-corrected chi connectivity index (χ0v) is 9.34. The van der Waals surface area contributed by atoms with E-state index in [2.05, 4.69) is 5.32 Å². The third kappa shape index (κ3) is 2.03. The third-order valence-electron chi connectivity index (χ3n) is 2.80. The molecule has 2 N–H and O–H groups in total. The van der Waals surface area contributed by atoms with Gasteiger partial charge in [0.15, 0.2) is 0 Å². The van der Waals surface area contributed by atoms with Crippen LogP contribution in [-0.2, 0) is 0 Å². The lowest BCUT2D eigenvalue weighted by Crippen LogP contribution is -2.08. The van der Waals surface area contributed by atoms with Gasteiger partial charge in [-0.05, 0) is 19.0 Å². The van der Waals surface area contributed by atoms with Gasteiger partial charge in [-0.25, -0.2) is 0 Å². The Morgan fingerprint density at radius 3 is 2.93 bits per heavy atom. The van der Waals surface area contributed by atoms with E-state index in [1.165, 1.54) is 0 Å². The zero-order valence-electron chi connectivity index (χ0n) is 8.59. The fraction of sp³-hybridized carbons (Fsp3) is 0.455. The lowest BCUT2D eigenvalue weighted by atomic mass is 9.97. The topological polar surface area (TPSA) is 41.5 Å². The monoisotopic (exact) mass is 227 g/mol. The number of hydrogen-bond donors (Lipinski definition) is 2. The smallest absolute Gasteiger partial charge is 0.138 e. The van der Waals surface area contributed by atoms with Crippen LogP contribution < -0.4 is 10.1 Å². The highest BCUT2D eigenvalue weighted by atomic mass is 35.5. The maximum Gasteiger partial charge on any atom is 0.138 e. The van der Waals surface area contributed by atoms with Gasteiger partial charge < -0.3 is 15.2 Å². The van der Waals surface area contributed by atoms with Crippen LogP contribution in [0.15, 0.2) is 12.1 Å². The second-order valence-electron chi connectivity index (χ2n) is 3.74. The Balaban J connectivity index is 2.37. The first-order valence-corrected chi connectivity index (χ1v) is 5.37. The molecule has 0 spiro atoms. The summed E-state index contributed by atoms with van der Waals surface area (Å²) in [6.45, 7) is 1.90. The van der Waals surface area contributed by atoms with Crippen molar-refractivity contribution >= 4 is 11.6 Å². The average molecular weight is 228 g/mol. The van der Waals surface area contributed by atoms with Crippen LogP contribution in [0.1, 0.15) is 17.9 Å². The summed E-state index contributed by atoms with van der Waals surface area (Å²) in [7, 11) is 1.58. The van der Waals surface area contributed by atoms with Gasteiger partial charge >= 0.3 is 0 Å². The molecule has 0 saturated carbocycles. The van der Waals surface area contributed by atoms with E-state index in [0.29, 0.717) is 16.7 Å². The van der Waals surface area contributed by atoms with E-state index in [9.17, 15) is 5.11 Å². The molecule has 1 aromatic rings. The SMILES string of the molecule is COc1cc(C2CCNC2)c(O)cc1Cl. The van der Waals surface area contributed by atoms with Gasteiger partial charge in [0, 0.05) is 24.1 Å². The Bertz CT molecular complexity index is 362. The number of rotatable bonds is 2. The first kappa shape index (κ1) is 10.6. The molecular formula is C11H14ClNO2. The highest BCUT2D eigenvalue weighted by molar-refractivity contribution is 6.32. The average Bonchev–Trinajstić information content (AvgIpc) is 2.71. The van der Waals surface area contributed by atoms with Crippen LogP contribution in [0.4, 0.5) is 0 Å². The quantitative estimate of drug-likeness (QED) is 0.814. The molecule has 3 nitrogen and oxygen atoms in total. The summed E-state index contributed by atoms with van der Waals surface area (Å²) in [5.74, 6) is 1.24. The number of phenolic OH excluding ortho intramolecular Hbond substituents is 1. The molecule has 4 heteroatoms. The number of aromatic hydroxyl groups is 1. The van der Waals surface area contributed by atoms with E-state index in [1.54, 1.807) is 13.2 Å². The van der Waals surface area contributed by atoms with Crippen LogP contribution in [0.25, 0.3) is 0 Å². The van der Waals surface area contributed by atoms with Gasteiger partial charge in [0.25, 0.3) is 0 Å². The van der Waals surface area contributed by atoms with Crippen LogP contribution in [0.2, 0.25) is 5.02 Å². The van der Waals surface area contributed by atoms with Crippen LogP contribution in [0.3, 0.4) is 0 Å². The standard InChI is InChI=1S/C11H14ClNO2/c1-15-11-4-8(7-2-3-13-6-7)10(14)5-9(11)12/h4-5,7,13-14H,2-3,6H2,1H3. The minimum absolute atomic E-state index is 0.259. The van der Waals surface area contributed by atoms with Crippen molar-refractivity contribution in [3.63, 3.8) is 0 Å². The van der Waals surface area contributed by atoms with Crippen molar-refractivity contribution in [1.82, 2.24) is 5.32 Å². The molecule has 1 aromatic carbocycles. The van der Waals surface area contributed by atoms with Gasteiger partial charge in [-0.15, -0.1) is 0 Å². The number of phenols is 1. The van der Waals surface area contributed by atoms with Crippen molar-refractivity contribution in [3.8, 4) is 11.5 Å². The van der Waals surface area contributed by atoms with Crippen molar-refractivity contribution in [3.05, 3.63) is 22.7 Å². The molecule has 1 atom stereocenters. The van der Waals surface area contributed by atoms with Crippen molar-refractivity contribution in [2.45, 2.75) is 12.3 Å². The molecule has 15 heavy (non-hydrogen) atoms. The summed E-state index contributed by atoms with van der Waals surface area (Å²) < 4.78 is 5.14. The van der Waals surface area contributed by atoms with E-state index in [0.717, 1.165) is 25.1 Å². The van der Waals surface area contributed by atoms with Crippen molar-refractivity contribution in [2.24, 2.45) is 0 Å². The Hall–Kier alpha value is -0.930. The molecule has 0 radical (unpaired) electrons. The van der Waals surface area contributed by atoms with Crippen molar-refractivity contribution in [1.29, 1.82) is 0 Å². The summed E-state index contributed by atoms with van der Waals surface area (Å²) in [5, 5.41) is 13.5. The fourth-order valence-corrected chi connectivity index (χ4v) is 2.20. The molecular weight excluding hydrogens is 214 g/mol. The molecule has 0 amide bonds. The van der Waals surface area contributed by atoms with Gasteiger partial charge in [-0.1, -0.05) is 11.6 Å². The molecule has 1 aliphatic heterocycles. The first-order chi connectivity index (χ1) is 7.22. The largest absolute Gasteiger partial charge is 0.508 e. The maximum absolute atomic E-state index is 9.80. The molecule has 1 unspecified atom stereocenters. The Morgan fingerprint density at radius 2 is 2.33 bits per heavy atom. The second kappa shape index (κ2) is 4.29. The minimum atomic E-state index is 0.259. The molecule has 1 fully saturated rings. The molecule has 1 aliphatic rings. The summed E-state index contributed by atoms with van der Waals surface area (Å²) in [5.41, 5.74) is 0.918. The first-order valence-electron chi connectivity index (χ1n) is 4.99. The molecule has 0 bridgehead atoms. The van der Waals surface area contributed by atoms with Crippen molar-refractivity contribution < 1.29 is 9.84 Å². The van der Waals surface area contributed by atoms with E-state index >= 15 is 0 Å². The molecule has 1 saturated heterocycles. The van der Waals surface area contributed by atoms with Gasteiger partial charge in [-0.3, -0.25) is 0 Å². The number of hydrogen-bond acceptors (Lipinski definition) is 3. The lowest BCUT2D eigenvalue weighted by molar-refractivity contribution is 0.410. The molecule has 2 rings (SSSR count). The summed E-state index contributed by atoms with van der Waals surface area (Å²) in [6, 6.07) is 3.38. The Kier molecular flexibility index (Phi) is 3.03. The van der Waals surface area contributed by atoms with Gasteiger partial charge in [0.1, 0.15) is 11.5 Å². The molecule has 0 aliphatic carbocycles. The number of benzene rings is 1. The molecule has 82 valence electrons. The zero-order chi connectivity index (χ0) is 10.8. The lowest BCUT2D eigenvalue weighted by Gasteiger charge is -2.13. The minimum Gasteiger partial charge on any atom is -0.508 e. The summed E-state index contributed by atoms with van der Waals surface area (Å²) >= 11 is 5.91.